The molecule has 132 valence electrons. The van der Waals surface area contributed by atoms with Crippen molar-refractivity contribution in [2.45, 2.75) is 24.7 Å². The van der Waals surface area contributed by atoms with Crippen LogP contribution in [0.25, 0.3) is 0 Å². The topological polar surface area (TPSA) is 78.8 Å². The predicted molar refractivity (Wildman–Crippen MR) is 99.9 cm³/mol. The molecule has 8 heteroatoms. The SMILES string of the molecule is Cc1ccc(C(=O)Nc2ccc(S(=O)(=O)/N=C3/CCCN3C)cc2)s1. The highest BCUT2D eigenvalue weighted by Gasteiger charge is 2.20. The summed E-state index contributed by atoms with van der Waals surface area (Å²) in [5, 5.41) is 2.76. The first-order valence-electron chi connectivity index (χ1n) is 7.88. The quantitative estimate of drug-likeness (QED) is 0.888. The Morgan fingerprint density at radius 1 is 1.20 bits per heavy atom. The first-order valence-corrected chi connectivity index (χ1v) is 10.1. The molecule has 1 aliphatic rings. The van der Waals surface area contributed by atoms with E-state index in [9.17, 15) is 13.2 Å². The number of hydrogen-bond donors (Lipinski definition) is 1. The highest BCUT2D eigenvalue weighted by atomic mass is 32.2. The molecule has 1 amide bonds. The number of likely N-dealkylation sites (tertiary alicyclic amines) is 1. The van der Waals surface area contributed by atoms with E-state index in [-0.39, 0.29) is 10.8 Å². The summed E-state index contributed by atoms with van der Waals surface area (Å²) in [6.07, 6.45) is 1.59. The third-order valence-electron chi connectivity index (χ3n) is 3.93. The fourth-order valence-electron chi connectivity index (χ4n) is 2.56. The molecule has 2 heterocycles. The van der Waals surface area contributed by atoms with Crippen LogP contribution in [-0.2, 0) is 10.0 Å². The summed E-state index contributed by atoms with van der Waals surface area (Å²) in [4.78, 5) is 15.8. The number of carbonyl (C=O) groups excluding carboxylic acids is 1. The maximum absolute atomic E-state index is 12.4. The van der Waals surface area contributed by atoms with Crippen molar-refractivity contribution in [2.75, 3.05) is 18.9 Å². The standard InChI is InChI=1S/C17H19N3O3S2/c1-12-5-10-15(24-12)17(21)18-13-6-8-14(9-7-13)25(22,23)19-16-4-3-11-20(16)2/h5-10H,3-4,11H2,1-2H3,(H,18,21)/b19-16-. The summed E-state index contributed by atoms with van der Waals surface area (Å²) in [7, 11) is -1.90. The van der Waals surface area contributed by atoms with Crippen molar-refractivity contribution in [3.8, 4) is 0 Å². The van der Waals surface area contributed by atoms with Crippen molar-refractivity contribution in [1.82, 2.24) is 4.90 Å². The zero-order valence-corrected chi connectivity index (χ0v) is 15.7. The summed E-state index contributed by atoms with van der Waals surface area (Å²) in [5.41, 5.74) is 0.542. The molecule has 0 spiro atoms. The molecule has 0 radical (unpaired) electrons. The minimum Gasteiger partial charge on any atom is -0.362 e. The van der Waals surface area contributed by atoms with Gasteiger partial charge in [-0.05, 0) is 49.7 Å². The molecule has 0 saturated carbocycles. The highest BCUT2D eigenvalue weighted by Crippen LogP contribution is 2.21. The van der Waals surface area contributed by atoms with Crippen LogP contribution in [0.4, 0.5) is 5.69 Å². The monoisotopic (exact) mass is 377 g/mol. The van der Waals surface area contributed by atoms with Crippen LogP contribution in [0.2, 0.25) is 0 Å². The van der Waals surface area contributed by atoms with Gasteiger partial charge in [-0.3, -0.25) is 4.79 Å². The van der Waals surface area contributed by atoms with E-state index in [1.165, 1.54) is 23.5 Å². The summed E-state index contributed by atoms with van der Waals surface area (Å²) >= 11 is 1.41. The second kappa shape index (κ2) is 6.97. The lowest BCUT2D eigenvalue weighted by Crippen LogP contribution is -2.20. The lowest BCUT2D eigenvalue weighted by Gasteiger charge is -2.11. The number of benzene rings is 1. The van der Waals surface area contributed by atoms with Gasteiger partial charge in [-0.25, -0.2) is 0 Å². The Kier molecular flexibility index (Phi) is 4.91. The molecule has 2 aromatic rings. The Morgan fingerprint density at radius 3 is 2.48 bits per heavy atom. The second-order valence-corrected chi connectivity index (χ2v) is 8.79. The summed E-state index contributed by atoms with van der Waals surface area (Å²) in [6, 6.07) is 9.72. The van der Waals surface area contributed by atoms with E-state index in [4.69, 9.17) is 0 Å². The van der Waals surface area contributed by atoms with Crippen LogP contribution in [0.3, 0.4) is 0 Å². The van der Waals surface area contributed by atoms with Gasteiger partial charge in [0, 0.05) is 30.6 Å². The van der Waals surface area contributed by atoms with Crippen molar-refractivity contribution in [3.63, 3.8) is 0 Å². The third kappa shape index (κ3) is 4.08. The number of carbonyl (C=O) groups is 1. The van der Waals surface area contributed by atoms with Gasteiger partial charge < -0.3 is 10.2 Å². The molecular formula is C17H19N3O3S2. The lowest BCUT2D eigenvalue weighted by molar-refractivity contribution is 0.103. The molecule has 1 aromatic carbocycles. The maximum atomic E-state index is 12.4. The number of amides is 1. The summed E-state index contributed by atoms with van der Waals surface area (Å²) in [6.45, 7) is 2.76. The smallest absolute Gasteiger partial charge is 0.283 e. The van der Waals surface area contributed by atoms with Gasteiger partial charge in [0.2, 0.25) is 0 Å². The third-order valence-corrected chi connectivity index (χ3v) is 6.25. The number of amidine groups is 1. The average Bonchev–Trinajstić information content (AvgIpc) is 3.17. The minimum atomic E-state index is -3.74. The Balaban J connectivity index is 1.74. The van der Waals surface area contributed by atoms with E-state index in [2.05, 4.69) is 9.71 Å². The van der Waals surface area contributed by atoms with E-state index < -0.39 is 10.0 Å². The van der Waals surface area contributed by atoms with Crippen LogP contribution in [-0.4, -0.2) is 38.7 Å². The van der Waals surface area contributed by atoms with Crippen molar-refractivity contribution in [2.24, 2.45) is 4.40 Å². The van der Waals surface area contributed by atoms with Crippen LogP contribution in [0.1, 0.15) is 27.4 Å². The molecule has 3 rings (SSSR count). The number of anilines is 1. The van der Waals surface area contributed by atoms with E-state index >= 15 is 0 Å². The number of nitrogens with zero attached hydrogens (tertiary/aromatic N) is 2. The number of sulfonamides is 1. The van der Waals surface area contributed by atoms with Crippen LogP contribution >= 0.6 is 11.3 Å². The van der Waals surface area contributed by atoms with Gasteiger partial charge in [0.1, 0.15) is 5.84 Å². The normalized spacial score (nSPS) is 16.4. The Morgan fingerprint density at radius 2 is 1.92 bits per heavy atom. The van der Waals surface area contributed by atoms with Crippen molar-refractivity contribution < 1.29 is 13.2 Å². The minimum absolute atomic E-state index is 0.116. The van der Waals surface area contributed by atoms with Gasteiger partial charge in [0.25, 0.3) is 15.9 Å². The van der Waals surface area contributed by atoms with Gasteiger partial charge in [-0.1, -0.05) is 0 Å². The maximum Gasteiger partial charge on any atom is 0.283 e. The van der Waals surface area contributed by atoms with Crippen LogP contribution < -0.4 is 5.32 Å². The zero-order valence-electron chi connectivity index (χ0n) is 14.0. The largest absolute Gasteiger partial charge is 0.362 e. The van der Waals surface area contributed by atoms with Crippen LogP contribution in [0, 0.1) is 6.92 Å². The molecule has 1 saturated heterocycles. The van der Waals surface area contributed by atoms with E-state index in [0.29, 0.717) is 22.8 Å². The lowest BCUT2D eigenvalue weighted by atomic mass is 10.3. The van der Waals surface area contributed by atoms with Gasteiger partial charge in [0.15, 0.2) is 0 Å². The van der Waals surface area contributed by atoms with Crippen molar-refractivity contribution >= 4 is 38.8 Å². The van der Waals surface area contributed by atoms with E-state index in [1.54, 1.807) is 18.2 Å². The second-order valence-electron chi connectivity index (χ2n) is 5.90. The Labute approximate surface area is 151 Å². The fourth-order valence-corrected chi connectivity index (χ4v) is 4.42. The molecule has 0 aliphatic carbocycles. The van der Waals surface area contributed by atoms with Crippen LogP contribution in [0.15, 0.2) is 45.7 Å². The number of rotatable bonds is 4. The van der Waals surface area contributed by atoms with E-state index in [1.807, 2.05) is 24.9 Å². The highest BCUT2D eigenvalue weighted by molar-refractivity contribution is 7.90. The number of hydrogen-bond acceptors (Lipinski definition) is 4. The Hall–Kier alpha value is -2.19. The first kappa shape index (κ1) is 17.6. The number of nitrogens with one attached hydrogen (secondary N) is 1. The number of aryl methyl sites for hydroxylation is 1. The van der Waals surface area contributed by atoms with Gasteiger partial charge >= 0.3 is 0 Å². The molecule has 6 nitrogen and oxygen atoms in total. The van der Waals surface area contributed by atoms with Crippen molar-refractivity contribution in [1.29, 1.82) is 0 Å². The number of thiophene rings is 1. The molecule has 1 N–H and O–H groups in total. The molecular weight excluding hydrogens is 358 g/mol. The molecule has 1 fully saturated rings. The Bertz CT molecular complexity index is 915. The van der Waals surface area contributed by atoms with Crippen LogP contribution in [0.5, 0.6) is 0 Å². The average molecular weight is 377 g/mol. The zero-order chi connectivity index (χ0) is 18.0. The molecule has 0 unspecified atom stereocenters. The molecule has 25 heavy (non-hydrogen) atoms. The van der Waals surface area contributed by atoms with Gasteiger partial charge in [0.05, 0.1) is 9.77 Å². The summed E-state index contributed by atoms with van der Waals surface area (Å²) in [5.74, 6) is 0.381. The molecule has 0 atom stereocenters. The molecule has 0 bridgehead atoms. The van der Waals surface area contributed by atoms with Crippen molar-refractivity contribution in [3.05, 3.63) is 46.2 Å². The summed E-state index contributed by atoms with van der Waals surface area (Å²) < 4.78 is 28.7. The van der Waals surface area contributed by atoms with Gasteiger partial charge in [-0.2, -0.15) is 8.42 Å². The molecule has 1 aliphatic heterocycles. The predicted octanol–water partition coefficient (Wildman–Crippen LogP) is 3.12. The van der Waals surface area contributed by atoms with E-state index in [0.717, 1.165) is 17.8 Å². The van der Waals surface area contributed by atoms with Gasteiger partial charge in [-0.15, -0.1) is 15.7 Å². The first-order chi connectivity index (χ1) is 11.8. The molecule has 1 aromatic heterocycles. The fraction of sp³-hybridized carbons (Fsp3) is 0.294.